The summed E-state index contributed by atoms with van der Waals surface area (Å²) < 4.78 is 10.1. The molecule has 1 rings (SSSR count). The second-order valence-electron chi connectivity index (χ2n) is 5.69. The van der Waals surface area contributed by atoms with Crippen molar-refractivity contribution in [3.8, 4) is 5.75 Å². The van der Waals surface area contributed by atoms with Crippen LogP contribution in [0.15, 0.2) is 18.2 Å². The zero-order valence-corrected chi connectivity index (χ0v) is 14.0. The third-order valence-electron chi connectivity index (χ3n) is 2.53. The fourth-order valence-electron chi connectivity index (χ4n) is 1.59. The van der Waals surface area contributed by atoms with E-state index in [1.54, 1.807) is 20.8 Å². The van der Waals surface area contributed by atoms with Gasteiger partial charge in [0.1, 0.15) is 17.2 Å². The molecule has 132 valence electrons. The number of benzene rings is 1. The number of hydrogen-bond donors (Lipinski definition) is 2. The van der Waals surface area contributed by atoms with Crippen LogP contribution in [0.4, 0.5) is 10.5 Å². The monoisotopic (exact) mass is 360 g/mol. The number of alkyl carbamates (subject to hydrolysis) is 1. The van der Waals surface area contributed by atoms with Gasteiger partial charge in [0.2, 0.25) is 0 Å². The largest absolute Gasteiger partial charge is 0.484 e. The number of amides is 1. The molecule has 0 aliphatic rings. The number of nitrogens with one attached hydrogen (secondary N) is 1. The van der Waals surface area contributed by atoms with Crippen molar-refractivity contribution < 1.29 is 29.1 Å². The Bertz CT molecular complexity index is 643. The number of nitro benzene ring substituents is 1. The maximum absolute atomic E-state index is 11.6. The molecule has 0 saturated heterocycles. The van der Waals surface area contributed by atoms with E-state index in [-0.39, 0.29) is 10.8 Å². The topological polar surface area (TPSA) is 128 Å². The van der Waals surface area contributed by atoms with Crippen molar-refractivity contribution in [3.63, 3.8) is 0 Å². The first kappa shape index (κ1) is 19.5. The smallest absolute Gasteiger partial charge is 0.408 e. The summed E-state index contributed by atoms with van der Waals surface area (Å²) in [5, 5.41) is 22.1. The highest BCUT2D eigenvalue weighted by Crippen LogP contribution is 2.34. The molecule has 0 radical (unpaired) electrons. The van der Waals surface area contributed by atoms with Crippen LogP contribution in [-0.2, 0) is 9.53 Å². The molecule has 24 heavy (non-hydrogen) atoms. The average Bonchev–Trinajstić information content (AvgIpc) is 2.40. The van der Waals surface area contributed by atoms with Gasteiger partial charge in [0.05, 0.1) is 4.92 Å². The van der Waals surface area contributed by atoms with Crippen LogP contribution in [-0.4, -0.2) is 40.3 Å². The fourth-order valence-corrected chi connectivity index (χ4v) is 1.82. The molecule has 1 amide bonds. The summed E-state index contributed by atoms with van der Waals surface area (Å²) in [4.78, 5) is 33.1. The molecule has 10 heteroatoms. The minimum absolute atomic E-state index is 0.149. The van der Waals surface area contributed by atoms with Crippen molar-refractivity contribution in [1.29, 1.82) is 0 Å². The van der Waals surface area contributed by atoms with Crippen LogP contribution in [0, 0.1) is 10.1 Å². The third kappa shape index (κ3) is 5.92. The molecular weight excluding hydrogens is 344 g/mol. The van der Waals surface area contributed by atoms with Crippen molar-refractivity contribution >= 4 is 29.4 Å². The molecule has 0 aliphatic carbocycles. The Balaban J connectivity index is 2.82. The van der Waals surface area contributed by atoms with E-state index in [0.717, 1.165) is 0 Å². The van der Waals surface area contributed by atoms with Gasteiger partial charge in [0.15, 0.2) is 11.8 Å². The Morgan fingerprint density at radius 3 is 2.54 bits per heavy atom. The number of aliphatic carboxylic acids is 1. The van der Waals surface area contributed by atoms with Crippen LogP contribution >= 0.6 is 11.6 Å². The first-order chi connectivity index (χ1) is 11.0. The highest BCUT2D eigenvalue weighted by Gasteiger charge is 2.26. The zero-order valence-electron chi connectivity index (χ0n) is 13.2. The van der Waals surface area contributed by atoms with E-state index in [1.807, 2.05) is 0 Å². The van der Waals surface area contributed by atoms with Crippen LogP contribution in [0.25, 0.3) is 0 Å². The Hall–Kier alpha value is -2.55. The van der Waals surface area contributed by atoms with Crippen LogP contribution in [0.5, 0.6) is 5.75 Å². The fraction of sp³-hybridized carbons (Fsp3) is 0.429. The second kappa shape index (κ2) is 7.82. The summed E-state index contributed by atoms with van der Waals surface area (Å²) in [6.45, 7) is 4.31. The number of nitrogens with zero attached hydrogens (tertiary/aromatic N) is 1. The van der Waals surface area contributed by atoms with E-state index in [2.05, 4.69) is 5.32 Å². The maximum Gasteiger partial charge on any atom is 0.408 e. The van der Waals surface area contributed by atoms with Gasteiger partial charge in [-0.25, -0.2) is 9.59 Å². The van der Waals surface area contributed by atoms with E-state index in [1.165, 1.54) is 18.2 Å². The van der Waals surface area contributed by atoms with Crippen LogP contribution in [0.3, 0.4) is 0 Å². The van der Waals surface area contributed by atoms with Crippen molar-refractivity contribution in [3.05, 3.63) is 33.3 Å². The van der Waals surface area contributed by atoms with Gasteiger partial charge >= 0.3 is 17.7 Å². The molecule has 0 spiro atoms. The number of para-hydroxylation sites is 1. The molecule has 1 atom stereocenters. The first-order valence-corrected chi connectivity index (χ1v) is 7.17. The van der Waals surface area contributed by atoms with Crippen molar-refractivity contribution in [2.45, 2.75) is 32.4 Å². The number of ether oxygens (including phenoxy) is 2. The standard InChI is InChI=1S/C14H17ClN2O7/c1-14(2,3)24-13(20)16-9(12(18)19)7-23-10-6-4-5-8(15)11(10)17(21)22/h4-6,9H,7H2,1-3H3,(H,16,20)(H,18,19)/t9-/m0/s1. The summed E-state index contributed by atoms with van der Waals surface area (Å²) in [7, 11) is 0. The lowest BCUT2D eigenvalue weighted by molar-refractivity contribution is -0.385. The molecule has 0 unspecified atom stereocenters. The van der Waals surface area contributed by atoms with E-state index in [4.69, 9.17) is 26.2 Å². The molecule has 0 aromatic heterocycles. The van der Waals surface area contributed by atoms with Gasteiger partial charge in [-0.1, -0.05) is 17.7 Å². The number of carboxylic acids is 1. The van der Waals surface area contributed by atoms with Crippen LogP contribution in [0.1, 0.15) is 20.8 Å². The Labute approximate surface area is 142 Å². The SMILES string of the molecule is CC(C)(C)OC(=O)N[C@@H](COc1cccc(Cl)c1[N+](=O)[O-])C(=O)O. The molecule has 0 saturated carbocycles. The van der Waals surface area contributed by atoms with Gasteiger partial charge in [-0.05, 0) is 32.9 Å². The van der Waals surface area contributed by atoms with Crippen LogP contribution < -0.4 is 10.1 Å². The number of halogens is 1. The average molecular weight is 361 g/mol. The highest BCUT2D eigenvalue weighted by atomic mass is 35.5. The summed E-state index contributed by atoms with van der Waals surface area (Å²) in [6, 6.07) is 2.54. The van der Waals surface area contributed by atoms with Gasteiger partial charge in [0, 0.05) is 0 Å². The molecule has 2 N–H and O–H groups in total. The number of carbonyl (C=O) groups excluding carboxylic acids is 1. The third-order valence-corrected chi connectivity index (χ3v) is 2.83. The Morgan fingerprint density at radius 2 is 2.04 bits per heavy atom. The van der Waals surface area contributed by atoms with Gasteiger partial charge < -0.3 is 19.9 Å². The molecule has 0 bridgehead atoms. The highest BCUT2D eigenvalue weighted by molar-refractivity contribution is 6.32. The summed E-state index contributed by atoms with van der Waals surface area (Å²) >= 11 is 5.73. The normalized spacial score (nSPS) is 12.2. The molecule has 0 heterocycles. The summed E-state index contributed by atoms with van der Waals surface area (Å²) in [5.74, 6) is -1.59. The van der Waals surface area contributed by atoms with Gasteiger partial charge in [-0.2, -0.15) is 0 Å². The quantitative estimate of drug-likeness (QED) is 0.589. The molecule has 0 fully saturated rings. The predicted octanol–water partition coefficient (Wildman–Crippen LogP) is 2.60. The summed E-state index contributed by atoms with van der Waals surface area (Å²) in [6.07, 6.45) is -0.945. The van der Waals surface area contributed by atoms with E-state index in [9.17, 15) is 19.7 Å². The summed E-state index contributed by atoms with van der Waals surface area (Å²) in [5.41, 5.74) is -1.29. The number of carbonyl (C=O) groups is 2. The lowest BCUT2D eigenvalue weighted by atomic mass is 10.2. The first-order valence-electron chi connectivity index (χ1n) is 6.79. The van der Waals surface area contributed by atoms with E-state index < -0.39 is 40.9 Å². The van der Waals surface area contributed by atoms with Crippen LogP contribution in [0.2, 0.25) is 5.02 Å². The minimum Gasteiger partial charge on any atom is -0.484 e. The molecule has 1 aromatic rings. The lowest BCUT2D eigenvalue weighted by Crippen LogP contribution is -2.46. The number of carboxylic acid groups (broad SMARTS) is 1. The van der Waals surface area contributed by atoms with Crippen molar-refractivity contribution in [2.24, 2.45) is 0 Å². The minimum atomic E-state index is -1.46. The Morgan fingerprint density at radius 1 is 1.42 bits per heavy atom. The molecule has 9 nitrogen and oxygen atoms in total. The van der Waals surface area contributed by atoms with Gasteiger partial charge in [0.25, 0.3) is 0 Å². The van der Waals surface area contributed by atoms with Gasteiger partial charge in [-0.3, -0.25) is 10.1 Å². The molecule has 0 aliphatic heterocycles. The predicted molar refractivity (Wildman–Crippen MR) is 84.4 cm³/mol. The van der Waals surface area contributed by atoms with Crippen molar-refractivity contribution in [2.75, 3.05) is 6.61 Å². The van der Waals surface area contributed by atoms with Crippen molar-refractivity contribution in [1.82, 2.24) is 5.32 Å². The number of nitro groups is 1. The van der Waals surface area contributed by atoms with E-state index >= 15 is 0 Å². The Kier molecular flexibility index (Phi) is 6.35. The lowest BCUT2D eigenvalue weighted by Gasteiger charge is -2.22. The number of hydrogen-bond acceptors (Lipinski definition) is 6. The van der Waals surface area contributed by atoms with E-state index in [0.29, 0.717) is 0 Å². The van der Waals surface area contributed by atoms with Gasteiger partial charge in [-0.15, -0.1) is 0 Å². The zero-order chi connectivity index (χ0) is 18.5. The molecule has 1 aromatic carbocycles. The maximum atomic E-state index is 11.6. The molecular formula is C14H17ClN2O7. The second-order valence-corrected chi connectivity index (χ2v) is 6.10. The number of rotatable bonds is 6.